The maximum absolute atomic E-state index is 7.97. The van der Waals surface area contributed by atoms with Crippen molar-refractivity contribution in [3.05, 3.63) is 228 Å². The molecule has 0 saturated heterocycles. The van der Waals surface area contributed by atoms with Gasteiger partial charge in [0.15, 0.2) is 5.69 Å². The smallest absolute Gasteiger partial charge is 0.187 e. The fourth-order valence-electron chi connectivity index (χ4n) is 9.15. The molecular formula is C53H34N2. The van der Waals surface area contributed by atoms with E-state index in [1.807, 2.05) is 24.3 Å². The van der Waals surface area contributed by atoms with Crippen LogP contribution in [0.15, 0.2) is 183 Å². The standard InChI is InChI=1S/C53H34N2/c1-4-40-41(5-2)50-45-29-25-34-17-15-16-24-42(34)52(45)55-51(35-18-9-6-10-19-35)47(50)33-46(40)36-26-28-43-44-30-27-39(54-3)32-49(44)53(48(43)31-36,37-20-11-7-12-21-37)38-22-13-8-14-23-38/h4-33H,1-2H2. The van der Waals surface area contributed by atoms with Gasteiger partial charge in [0.05, 0.1) is 23.2 Å². The highest BCUT2D eigenvalue weighted by molar-refractivity contribution is 6.21. The van der Waals surface area contributed by atoms with Gasteiger partial charge in [0.25, 0.3) is 0 Å². The summed E-state index contributed by atoms with van der Waals surface area (Å²) in [6, 6.07) is 60.2. The van der Waals surface area contributed by atoms with Crippen molar-refractivity contribution >= 4 is 50.3 Å². The van der Waals surface area contributed by atoms with Crippen molar-refractivity contribution in [2.24, 2.45) is 0 Å². The molecule has 0 bridgehead atoms. The predicted octanol–water partition coefficient (Wildman–Crippen LogP) is 14.1. The topological polar surface area (TPSA) is 17.2 Å². The quantitative estimate of drug-likeness (QED) is 0.125. The molecule has 0 radical (unpaired) electrons. The number of pyridine rings is 1. The summed E-state index contributed by atoms with van der Waals surface area (Å²) in [6.45, 7) is 16.8. The van der Waals surface area contributed by atoms with Crippen molar-refractivity contribution in [2.75, 3.05) is 0 Å². The molecule has 55 heavy (non-hydrogen) atoms. The van der Waals surface area contributed by atoms with Crippen LogP contribution in [-0.4, -0.2) is 4.98 Å². The van der Waals surface area contributed by atoms with Crippen LogP contribution in [0.2, 0.25) is 0 Å². The summed E-state index contributed by atoms with van der Waals surface area (Å²) in [5, 5.41) is 5.55. The van der Waals surface area contributed by atoms with Gasteiger partial charge in [-0.25, -0.2) is 9.83 Å². The minimum absolute atomic E-state index is 0.628. The van der Waals surface area contributed by atoms with Gasteiger partial charge < -0.3 is 0 Å². The summed E-state index contributed by atoms with van der Waals surface area (Å²) >= 11 is 0. The zero-order valence-electron chi connectivity index (χ0n) is 30.1. The van der Waals surface area contributed by atoms with Gasteiger partial charge in [-0.3, -0.25) is 0 Å². The highest BCUT2D eigenvalue weighted by Gasteiger charge is 2.46. The summed E-state index contributed by atoms with van der Waals surface area (Å²) in [6.07, 6.45) is 3.96. The van der Waals surface area contributed by atoms with Crippen LogP contribution in [0.25, 0.3) is 83.0 Å². The molecule has 0 amide bonds. The number of hydrogen-bond donors (Lipinski definition) is 0. The molecule has 256 valence electrons. The van der Waals surface area contributed by atoms with Crippen molar-refractivity contribution < 1.29 is 0 Å². The minimum Gasteiger partial charge on any atom is -0.246 e. The Labute approximate surface area is 320 Å². The van der Waals surface area contributed by atoms with E-state index in [-0.39, 0.29) is 0 Å². The summed E-state index contributed by atoms with van der Waals surface area (Å²) in [7, 11) is 0. The molecule has 0 fully saturated rings. The van der Waals surface area contributed by atoms with Crippen molar-refractivity contribution in [3.8, 4) is 33.5 Å². The first kappa shape index (κ1) is 32.3. The van der Waals surface area contributed by atoms with Crippen LogP contribution in [0.5, 0.6) is 0 Å². The fourth-order valence-corrected chi connectivity index (χ4v) is 9.15. The van der Waals surface area contributed by atoms with Crippen molar-refractivity contribution in [1.29, 1.82) is 0 Å². The summed E-state index contributed by atoms with van der Waals surface area (Å²) in [4.78, 5) is 9.38. The monoisotopic (exact) mass is 698 g/mol. The lowest BCUT2D eigenvalue weighted by Gasteiger charge is -2.34. The van der Waals surface area contributed by atoms with Gasteiger partial charge in [0.2, 0.25) is 0 Å². The molecule has 0 unspecified atom stereocenters. The van der Waals surface area contributed by atoms with Gasteiger partial charge in [-0.05, 0) is 73.2 Å². The van der Waals surface area contributed by atoms with Crippen LogP contribution in [0.3, 0.4) is 0 Å². The van der Waals surface area contributed by atoms with Gasteiger partial charge in [-0.1, -0.05) is 183 Å². The zero-order valence-corrected chi connectivity index (χ0v) is 30.1. The van der Waals surface area contributed by atoms with E-state index >= 15 is 0 Å². The third-order valence-electron chi connectivity index (χ3n) is 11.5. The first-order valence-corrected chi connectivity index (χ1v) is 18.6. The average Bonchev–Trinajstić information content (AvgIpc) is 3.55. The Kier molecular flexibility index (Phi) is 7.44. The van der Waals surface area contributed by atoms with E-state index in [0.717, 1.165) is 93.8 Å². The van der Waals surface area contributed by atoms with Crippen LogP contribution in [0, 0.1) is 6.57 Å². The van der Waals surface area contributed by atoms with E-state index < -0.39 is 5.41 Å². The Hall–Kier alpha value is -7.34. The molecule has 10 rings (SSSR count). The van der Waals surface area contributed by atoms with Gasteiger partial charge >= 0.3 is 0 Å². The molecule has 1 aromatic heterocycles. The lowest BCUT2D eigenvalue weighted by molar-refractivity contribution is 0.769. The van der Waals surface area contributed by atoms with Crippen molar-refractivity contribution in [2.45, 2.75) is 5.41 Å². The Bertz CT molecular complexity index is 3020. The molecule has 2 nitrogen and oxygen atoms in total. The van der Waals surface area contributed by atoms with Crippen LogP contribution in [0.1, 0.15) is 33.4 Å². The molecule has 1 heterocycles. The van der Waals surface area contributed by atoms with Gasteiger partial charge in [0, 0.05) is 27.1 Å². The molecule has 9 aromatic rings. The molecule has 0 saturated carbocycles. The average molecular weight is 699 g/mol. The van der Waals surface area contributed by atoms with Crippen LogP contribution < -0.4 is 0 Å². The molecule has 0 spiro atoms. The Balaban J connectivity index is 1.33. The van der Waals surface area contributed by atoms with Gasteiger partial charge in [-0.2, -0.15) is 0 Å². The Morgan fingerprint density at radius 3 is 1.80 bits per heavy atom. The summed E-state index contributed by atoms with van der Waals surface area (Å²) in [5.74, 6) is 0. The zero-order chi connectivity index (χ0) is 37.1. The minimum atomic E-state index is -0.648. The Morgan fingerprint density at radius 2 is 1.13 bits per heavy atom. The lowest BCUT2D eigenvalue weighted by Crippen LogP contribution is -2.28. The number of rotatable bonds is 6. The van der Waals surface area contributed by atoms with E-state index in [2.05, 4.69) is 176 Å². The van der Waals surface area contributed by atoms with Crippen LogP contribution in [0.4, 0.5) is 5.69 Å². The van der Waals surface area contributed by atoms with E-state index in [1.165, 1.54) is 5.56 Å². The molecule has 1 aliphatic rings. The fraction of sp³-hybridized carbons (Fsp3) is 0.0189. The van der Waals surface area contributed by atoms with Crippen molar-refractivity contribution in [3.63, 3.8) is 0 Å². The highest BCUT2D eigenvalue weighted by atomic mass is 14.7. The van der Waals surface area contributed by atoms with Gasteiger partial charge in [-0.15, -0.1) is 0 Å². The SMILES string of the molecule is [C-]#[N+]c1ccc2c(c1)C(c1ccccc1)(c1ccccc1)c1cc(-c3cc4c(-c5ccccc5)nc5c6ccccc6ccc5c4c(C=C)c3C=C)ccc1-2. The molecule has 2 heteroatoms. The maximum atomic E-state index is 7.97. The predicted molar refractivity (Wildman–Crippen MR) is 231 cm³/mol. The van der Waals surface area contributed by atoms with E-state index in [4.69, 9.17) is 11.6 Å². The molecule has 8 aromatic carbocycles. The second-order valence-electron chi connectivity index (χ2n) is 14.2. The molecular weight excluding hydrogens is 665 g/mol. The van der Waals surface area contributed by atoms with E-state index in [9.17, 15) is 0 Å². The van der Waals surface area contributed by atoms with E-state index in [0.29, 0.717) is 5.69 Å². The first-order valence-electron chi connectivity index (χ1n) is 18.6. The van der Waals surface area contributed by atoms with Crippen LogP contribution in [-0.2, 0) is 5.41 Å². The normalized spacial score (nSPS) is 12.6. The second kappa shape index (κ2) is 12.7. The number of benzene rings is 8. The highest BCUT2D eigenvalue weighted by Crippen LogP contribution is 2.58. The lowest BCUT2D eigenvalue weighted by atomic mass is 9.67. The third-order valence-corrected chi connectivity index (χ3v) is 11.5. The molecule has 1 aliphatic carbocycles. The van der Waals surface area contributed by atoms with E-state index in [1.54, 1.807) is 0 Å². The Morgan fingerprint density at radius 1 is 0.509 bits per heavy atom. The summed E-state index contributed by atoms with van der Waals surface area (Å²) in [5.41, 5.74) is 14.1. The van der Waals surface area contributed by atoms with Crippen LogP contribution >= 0.6 is 0 Å². The molecule has 0 N–H and O–H groups in total. The number of aromatic nitrogens is 1. The first-order chi connectivity index (χ1) is 27.1. The molecule has 0 aliphatic heterocycles. The molecule has 0 atom stereocenters. The number of nitrogens with zero attached hydrogens (tertiary/aromatic N) is 2. The van der Waals surface area contributed by atoms with Crippen molar-refractivity contribution in [1.82, 2.24) is 4.98 Å². The second-order valence-corrected chi connectivity index (χ2v) is 14.2. The largest absolute Gasteiger partial charge is 0.246 e. The maximum Gasteiger partial charge on any atom is 0.187 e. The van der Waals surface area contributed by atoms with Gasteiger partial charge in [0.1, 0.15) is 0 Å². The number of fused-ring (bicyclic) bond motifs is 8. The number of hydrogen-bond acceptors (Lipinski definition) is 1. The third kappa shape index (κ3) is 4.70. The summed E-state index contributed by atoms with van der Waals surface area (Å²) < 4.78 is 0.